The number of carbonyl (C=O) groups excluding carboxylic acids is 1. The second kappa shape index (κ2) is 11.1. The number of hydrogen-bond donors (Lipinski definition) is 2. The molecule has 1 aromatic heterocycles. The number of amides is 1. The van der Waals surface area contributed by atoms with Crippen molar-refractivity contribution in [1.29, 1.82) is 0 Å². The molecule has 1 aliphatic rings. The van der Waals surface area contributed by atoms with Gasteiger partial charge in [-0.05, 0) is 43.2 Å². The van der Waals surface area contributed by atoms with Crippen molar-refractivity contribution in [3.63, 3.8) is 0 Å². The Balaban J connectivity index is 1.74. The number of rotatable bonds is 9. The highest BCUT2D eigenvalue weighted by Crippen LogP contribution is 2.47. The topological polar surface area (TPSA) is 90.6 Å². The van der Waals surface area contributed by atoms with Gasteiger partial charge in [0, 0.05) is 34.1 Å². The van der Waals surface area contributed by atoms with E-state index in [1.54, 1.807) is 23.1 Å². The molecule has 0 unspecified atom stereocenters. The van der Waals surface area contributed by atoms with Crippen LogP contribution in [-0.4, -0.2) is 37.7 Å². The van der Waals surface area contributed by atoms with Crippen LogP contribution in [0.1, 0.15) is 24.8 Å². The molecule has 0 aliphatic carbocycles. The number of carbonyl (C=O) groups is 1. The Morgan fingerprint density at radius 1 is 1.20 bits per heavy atom. The molecule has 0 fully saturated rings. The van der Waals surface area contributed by atoms with Crippen LogP contribution < -0.4 is 14.8 Å². The monoisotopic (exact) mass is 572 g/mol. The molecule has 0 saturated carbocycles. The van der Waals surface area contributed by atoms with Crippen LogP contribution in [0.15, 0.2) is 46.3 Å². The number of benzene rings is 2. The number of hydrogen-bond acceptors (Lipinski definition) is 6. The van der Waals surface area contributed by atoms with E-state index in [9.17, 15) is 17.8 Å². The lowest BCUT2D eigenvalue weighted by molar-refractivity contribution is -0.655. The average molecular weight is 574 g/mol. The van der Waals surface area contributed by atoms with Crippen LogP contribution in [0.5, 0.6) is 0 Å². The molecule has 12 heteroatoms. The number of fused-ring (bicyclic) bond motifs is 2. The highest BCUT2D eigenvalue weighted by Gasteiger charge is 2.29. The summed E-state index contributed by atoms with van der Waals surface area (Å²) in [5, 5.41) is 5.81. The predicted octanol–water partition coefficient (Wildman–Crippen LogP) is 5.21. The molecule has 0 radical (unpaired) electrons. The van der Waals surface area contributed by atoms with Crippen molar-refractivity contribution in [3.05, 3.63) is 56.5 Å². The third-order valence-corrected chi connectivity index (χ3v) is 8.79. The van der Waals surface area contributed by atoms with Crippen LogP contribution in [0.4, 0.5) is 5.69 Å². The normalized spacial score (nSPS) is 14.6. The summed E-state index contributed by atoms with van der Waals surface area (Å²) in [6.07, 6.45) is 3.08. The van der Waals surface area contributed by atoms with Crippen molar-refractivity contribution in [2.75, 3.05) is 23.7 Å². The van der Waals surface area contributed by atoms with Crippen LogP contribution in [0, 0.1) is 0 Å². The van der Waals surface area contributed by atoms with Crippen molar-refractivity contribution in [2.24, 2.45) is 0 Å². The molecular formula is C23H24Cl2N3O4S3+. The number of anilines is 1. The van der Waals surface area contributed by atoms with E-state index in [-0.39, 0.29) is 24.6 Å². The summed E-state index contributed by atoms with van der Waals surface area (Å²) in [7, 11) is -4.07. The zero-order chi connectivity index (χ0) is 25.2. The number of thioether (sulfide) groups is 1. The summed E-state index contributed by atoms with van der Waals surface area (Å²) >= 11 is 15.6. The summed E-state index contributed by atoms with van der Waals surface area (Å²) < 4.78 is 34.7. The van der Waals surface area contributed by atoms with Crippen LogP contribution in [0.2, 0.25) is 10.0 Å². The van der Waals surface area contributed by atoms with E-state index in [1.807, 2.05) is 58.9 Å². The molecule has 0 saturated heterocycles. The number of aromatic nitrogens is 1. The van der Waals surface area contributed by atoms with Gasteiger partial charge in [0.25, 0.3) is 21.0 Å². The van der Waals surface area contributed by atoms with E-state index >= 15 is 0 Å². The van der Waals surface area contributed by atoms with Crippen LogP contribution in [0.3, 0.4) is 0 Å². The number of halogens is 2. The van der Waals surface area contributed by atoms with E-state index < -0.39 is 10.1 Å². The maximum absolute atomic E-state index is 12.6. The Kier molecular flexibility index (Phi) is 8.30. The van der Waals surface area contributed by atoms with Crippen molar-refractivity contribution >= 4 is 84.3 Å². The third-order valence-electron chi connectivity index (χ3n) is 5.29. The number of thiazole rings is 1. The van der Waals surface area contributed by atoms with Crippen molar-refractivity contribution in [3.8, 4) is 0 Å². The fourth-order valence-corrected chi connectivity index (χ4v) is 6.82. The van der Waals surface area contributed by atoms with Gasteiger partial charge in [0.05, 0.1) is 22.5 Å². The first kappa shape index (κ1) is 26.2. The molecule has 0 atom stereocenters. The Labute approximate surface area is 222 Å². The van der Waals surface area contributed by atoms with Crippen molar-refractivity contribution in [1.82, 2.24) is 5.32 Å². The molecule has 2 heterocycles. The number of nitrogens with one attached hydrogen (secondary N) is 1. The van der Waals surface area contributed by atoms with Gasteiger partial charge < -0.3 is 10.2 Å². The first-order chi connectivity index (χ1) is 16.6. The number of nitrogens with zero attached hydrogens (tertiary/aromatic N) is 2. The Hall–Kier alpha value is -1.82. The molecular weight excluding hydrogens is 549 g/mol. The highest BCUT2D eigenvalue weighted by atomic mass is 35.5. The fraction of sp³-hybridized carbons (Fsp3) is 0.304. The van der Waals surface area contributed by atoms with Crippen molar-refractivity contribution in [2.45, 2.75) is 31.2 Å². The molecule has 2 aromatic carbocycles. The van der Waals surface area contributed by atoms with E-state index in [0.29, 0.717) is 23.1 Å². The zero-order valence-corrected chi connectivity index (χ0v) is 22.8. The fourth-order valence-electron chi connectivity index (χ4n) is 3.73. The van der Waals surface area contributed by atoms with Gasteiger partial charge in [-0.25, -0.2) is 0 Å². The SMILES string of the molecule is CCCNC(=O)C[n+]1c(/C=C2\Sc3ccc(Cl)cc3N2CCCS(=O)(=O)O)sc2ccc(Cl)cc21. The molecule has 186 valence electrons. The maximum atomic E-state index is 12.6. The lowest BCUT2D eigenvalue weighted by atomic mass is 10.2. The summed E-state index contributed by atoms with van der Waals surface area (Å²) in [4.78, 5) is 15.6. The maximum Gasteiger partial charge on any atom is 0.286 e. The Bertz CT molecular complexity index is 1410. The van der Waals surface area contributed by atoms with Gasteiger partial charge in [-0.1, -0.05) is 53.2 Å². The van der Waals surface area contributed by atoms with E-state index in [1.165, 1.54) is 0 Å². The minimum Gasteiger partial charge on any atom is -0.351 e. The third kappa shape index (κ3) is 6.49. The summed E-state index contributed by atoms with van der Waals surface area (Å²) in [6.45, 7) is 3.12. The van der Waals surface area contributed by atoms with Gasteiger partial charge in [-0.15, -0.1) is 0 Å². The van der Waals surface area contributed by atoms with Crippen molar-refractivity contribution < 1.29 is 22.3 Å². The lowest BCUT2D eigenvalue weighted by Crippen LogP contribution is -2.44. The van der Waals surface area contributed by atoms with Crippen LogP contribution >= 0.6 is 46.3 Å². The quantitative estimate of drug-likeness (QED) is 0.270. The predicted molar refractivity (Wildman–Crippen MR) is 144 cm³/mol. The molecule has 35 heavy (non-hydrogen) atoms. The van der Waals surface area contributed by atoms with Gasteiger partial charge in [0.2, 0.25) is 12.1 Å². The van der Waals surface area contributed by atoms with Gasteiger partial charge in [-0.3, -0.25) is 9.35 Å². The highest BCUT2D eigenvalue weighted by molar-refractivity contribution is 8.03. The first-order valence-corrected chi connectivity index (χ1v) is 14.9. The summed E-state index contributed by atoms with van der Waals surface area (Å²) in [6, 6.07) is 11.2. The Morgan fingerprint density at radius 3 is 2.69 bits per heavy atom. The average Bonchev–Trinajstić information content (AvgIpc) is 3.29. The smallest absolute Gasteiger partial charge is 0.286 e. The van der Waals surface area contributed by atoms with E-state index in [0.717, 1.165) is 37.3 Å². The van der Waals surface area contributed by atoms with Gasteiger partial charge in [0.1, 0.15) is 4.70 Å². The van der Waals surface area contributed by atoms with Gasteiger partial charge in [0.15, 0.2) is 0 Å². The van der Waals surface area contributed by atoms with E-state index in [2.05, 4.69) is 5.32 Å². The summed E-state index contributed by atoms with van der Waals surface area (Å²) in [5.41, 5.74) is 1.74. The largest absolute Gasteiger partial charge is 0.351 e. The van der Waals surface area contributed by atoms with Crippen LogP contribution in [0.25, 0.3) is 16.3 Å². The molecule has 1 aliphatic heterocycles. The van der Waals surface area contributed by atoms with Gasteiger partial charge >= 0.3 is 0 Å². The molecule has 1 amide bonds. The lowest BCUT2D eigenvalue weighted by Gasteiger charge is -2.20. The zero-order valence-electron chi connectivity index (χ0n) is 18.8. The van der Waals surface area contributed by atoms with E-state index in [4.69, 9.17) is 23.2 Å². The minimum atomic E-state index is -4.07. The molecule has 2 N–H and O–H groups in total. The standard InChI is InChI=1S/C23H23Cl2N3O4S3/c1-2-8-26-21(29)14-28-18-12-16(25)5-7-20(18)34-23(28)13-22-27(9-3-10-35(30,31)32)17-11-15(24)4-6-19(17)33-22/h4-7,11-13H,2-3,8-10,14H2,1H3,(H-,26,29,30,31,32)/p+1. The summed E-state index contributed by atoms with van der Waals surface area (Å²) in [5.74, 6) is -0.425. The molecule has 7 nitrogen and oxygen atoms in total. The molecule has 3 aromatic rings. The second-order valence-corrected chi connectivity index (χ2v) is 12.5. The molecule has 4 rings (SSSR count). The van der Waals surface area contributed by atoms with Gasteiger partial charge in [-0.2, -0.15) is 13.0 Å². The minimum absolute atomic E-state index is 0.0877. The molecule has 0 spiro atoms. The Morgan fingerprint density at radius 2 is 1.94 bits per heavy atom. The van der Waals surface area contributed by atoms with Crippen LogP contribution in [-0.2, 0) is 21.5 Å². The molecule has 0 bridgehead atoms. The second-order valence-electron chi connectivity index (χ2n) is 7.98. The first-order valence-electron chi connectivity index (χ1n) is 10.9.